The zero-order chi connectivity index (χ0) is 13.0. The molecular formula is C14H19NO3. The Morgan fingerprint density at radius 3 is 3.11 bits per heavy atom. The van der Waals surface area contributed by atoms with Crippen LogP contribution in [0.3, 0.4) is 0 Å². The van der Waals surface area contributed by atoms with Crippen LogP contribution in [0.15, 0.2) is 12.1 Å². The lowest BCUT2D eigenvalue weighted by Gasteiger charge is -2.25. The summed E-state index contributed by atoms with van der Waals surface area (Å²) in [5, 5.41) is 0. The smallest absolute Gasteiger partial charge is 0.305 e. The number of hydrogen-bond donors (Lipinski definition) is 0. The summed E-state index contributed by atoms with van der Waals surface area (Å²) < 4.78 is 7.02. The van der Waals surface area contributed by atoms with Gasteiger partial charge in [-0.3, -0.25) is 9.59 Å². The summed E-state index contributed by atoms with van der Waals surface area (Å²) in [5.74, 6) is 0.244. The van der Waals surface area contributed by atoms with E-state index < -0.39 is 0 Å². The molecule has 0 amide bonds. The number of nitrogens with zero attached hydrogens (tertiary/aromatic N) is 1. The number of aromatic nitrogens is 1. The maximum absolute atomic E-state index is 11.4. The third-order valence-corrected chi connectivity index (χ3v) is 3.52. The van der Waals surface area contributed by atoms with Gasteiger partial charge < -0.3 is 9.30 Å². The number of carbonyl (C=O) groups is 2. The first-order chi connectivity index (χ1) is 8.76. The second-order valence-electron chi connectivity index (χ2n) is 4.64. The molecule has 0 bridgehead atoms. The van der Waals surface area contributed by atoms with Gasteiger partial charge in [0.25, 0.3) is 0 Å². The maximum Gasteiger partial charge on any atom is 0.305 e. The molecule has 1 aliphatic rings. The molecule has 2 heterocycles. The highest BCUT2D eigenvalue weighted by atomic mass is 16.5. The lowest BCUT2D eigenvalue weighted by Crippen LogP contribution is -2.18. The number of rotatable bonds is 5. The molecule has 0 fully saturated rings. The van der Waals surface area contributed by atoms with Gasteiger partial charge >= 0.3 is 5.97 Å². The molecular weight excluding hydrogens is 230 g/mol. The van der Waals surface area contributed by atoms with Crippen LogP contribution in [-0.4, -0.2) is 23.4 Å². The Bertz CT molecular complexity index is 436. The van der Waals surface area contributed by atoms with Gasteiger partial charge in [-0.15, -0.1) is 0 Å². The van der Waals surface area contributed by atoms with Crippen LogP contribution >= 0.6 is 0 Å². The van der Waals surface area contributed by atoms with E-state index in [9.17, 15) is 9.59 Å². The van der Waals surface area contributed by atoms with E-state index in [0.717, 1.165) is 37.8 Å². The van der Waals surface area contributed by atoms with Crippen molar-refractivity contribution in [1.29, 1.82) is 0 Å². The average molecular weight is 249 g/mol. The summed E-state index contributed by atoms with van der Waals surface area (Å²) >= 11 is 0. The summed E-state index contributed by atoms with van der Waals surface area (Å²) in [6.45, 7) is 3.17. The van der Waals surface area contributed by atoms with E-state index in [1.807, 2.05) is 19.1 Å². The molecule has 0 saturated heterocycles. The number of hydrogen-bond acceptors (Lipinski definition) is 3. The fourth-order valence-corrected chi connectivity index (χ4v) is 2.68. The van der Waals surface area contributed by atoms with Gasteiger partial charge in [-0.2, -0.15) is 0 Å². The van der Waals surface area contributed by atoms with Crippen molar-refractivity contribution < 1.29 is 14.3 Å². The normalized spacial score (nSPS) is 18.2. The first kappa shape index (κ1) is 12.9. The second-order valence-corrected chi connectivity index (χ2v) is 4.64. The molecule has 0 saturated carbocycles. The van der Waals surface area contributed by atoms with Gasteiger partial charge in [0, 0.05) is 18.7 Å². The summed E-state index contributed by atoms with van der Waals surface area (Å²) in [6.07, 6.45) is 4.32. The topological polar surface area (TPSA) is 48.3 Å². The van der Waals surface area contributed by atoms with E-state index in [0.29, 0.717) is 18.9 Å². The molecule has 98 valence electrons. The van der Waals surface area contributed by atoms with Crippen molar-refractivity contribution in [3.05, 3.63) is 23.5 Å². The Labute approximate surface area is 107 Å². The van der Waals surface area contributed by atoms with Crippen LogP contribution in [0.1, 0.15) is 54.7 Å². The lowest BCUT2D eigenvalue weighted by atomic mass is 9.91. The molecule has 0 spiro atoms. The predicted molar refractivity (Wildman–Crippen MR) is 67.7 cm³/mol. The summed E-state index contributed by atoms with van der Waals surface area (Å²) in [7, 11) is 0. The lowest BCUT2D eigenvalue weighted by molar-refractivity contribution is -0.143. The second kappa shape index (κ2) is 5.85. The summed E-state index contributed by atoms with van der Waals surface area (Å²) in [6, 6.07) is 3.88. The maximum atomic E-state index is 11.4. The van der Waals surface area contributed by atoms with Gasteiger partial charge in [0.2, 0.25) is 0 Å². The van der Waals surface area contributed by atoms with Gasteiger partial charge in [-0.1, -0.05) is 0 Å². The van der Waals surface area contributed by atoms with Crippen LogP contribution in [0.25, 0.3) is 0 Å². The number of carbonyl (C=O) groups excluding carboxylic acids is 2. The third kappa shape index (κ3) is 2.63. The van der Waals surface area contributed by atoms with Crippen LogP contribution in [0.2, 0.25) is 0 Å². The monoisotopic (exact) mass is 249 g/mol. The van der Waals surface area contributed by atoms with Gasteiger partial charge in [0.05, 0.1) is 12.3 Å². The van der Waals surface area contributed by atoms with Gasteiger partial charge in [0.15, 0.2) is 6.29 Å². The Balaban J connectivity index is 2.02. The quantitative estimate of drug-likeness (QED) is 0.595. The molecule has 1 atom stereocenters. The van der Waals surface area contributed by atoms with Crippen LogP contribution in [0.5, 0.6) is 0 Å². The predicted octanol–water partition coefficient (Wildman–Crippen LogP) is 2.52. The fraction of sp³-hybridized carbons (Fsp3) is 0.571. The van der Waals surface area contributed by atoms with Crippen molar-refractivity contribution in [3.63, 3.8) is 0 Å². The number of aldehydes is 1. The number of fused-ring (bicyclic) bond motifs is 1. The first-order valence-corrected chi connectivity index (χ1v) is 6.56. The summed E-state index contributed by atoms with van der Waals surface area (Å²) in [5.41, 5.74) is 1.93. The Hall–Kier alpha value is -1.58. The SMILES string of the molecule is CCOC(=O)CCC1CCCn2c(C=O)ccc21. The minimum absolute atomic E-state index is 0.128. The van der Waals surface area contributed by atoms with E-state index >= 15 is 0 Å². The van der Waals surface area contributed by atoms with Crippen LogP contribution in [0, 0.1) is 0 Å². The molecule has 0 N–H and O–H groups in total. The first-order valence-electron chi connectivity index (χ1n) is 6.56. The number of esters is 1. The van der Waals surface area contributed by atoms with Crippen molar-refractivity contribution >= 4 is 12.3 Å². The molecule has 0 radical (unpaired) electrons. The van der Waals surface area contributed by atoms with Crippen molar-refractivity contribution in [3.8, 4) is 0 Å². The fourth-order valence-electron chi connectivity index (χ4n) is 2.68. The van der Waals surface area contributed by atoms with E-state index in [1.165, 1.54) is 5.69 Å². The number of ether oxygens (including phenoxy) is 1. The van der Waals surface area contributed by atoms with E-state index in [4.69, 9.17) is 4.74 Å². The standard InChI is InChI=1S/C14H19NO3/c1-2-18-14(17)8-5-11-4-3-9-15-12(10-16)6-7-13(11)15/h6-7,10-11H,2-5,8-9H2,1H3. The minimum atomic E-state index is -0.128. The van der Waals surface area contributed by atoms with Crippen LogP contribution in [-0.2, 0) is 16.1 Å². The van der Waals surface area contributed by atoms with E-state index in [2.05, 4.69) is 4.57 Å². The van der Waals surface area contributed by atoms with Crippen LogP contribution in [0.4, 0.5) is 0 Å². The molecule has 2 rings (SSSR count). The van der Waals surface area contributed by atoms with Crippen molar-refractivity contribution in [1.82, 2.24) is 4.57 Å². The molecule has 18 heavy (non-hydrogen) atoms. The molecule has 4 nitrogen and oxygen atoms in total. The van der Waals surface area contributed by atoms with Gasteiger partial charge in [-0.05, 0) is 44.2 Å². The van der Waals surface area contributed by atoms with Crippen molar-refractivity contribution in [2.45, 2.75) is 45.1 Å². The zero-order valence-electron chi connectivity index (χ0n) is 10.7. The van der Waals surface area contributed by atoms with E-state index in [-0.39, 0.29) is 5.97 Å². The molecule has 1 aromatic rings. The largest absolute Gasteiger partial charge is 0.466 e. The van der Waals surface area contributed by atoms with Gasteiger partial charge in [0.1, 0.15) is 0 Å². The molecule has 1 aliphatic heterocycles. The summed E-state index contributed by atoms with van der Waals surface area (Å²) in [4.78, 5) is 22.3. The third-order valence-electron chi connectivity index (χ3n) is 3.52. The van der Waals surface area contributed by atoms with Crippen molar-refractivity contribution in [2.24, 2.45) is 0 Å². The van der Waals surface area contributed by atoms with Crippen LogP contribution < -0.4 is 0 Å². The molecule has 1 aromatic heterocycles. The Kier molecular flexibility index (Phi) is 4.18. The highest BCUT2D eigenvalue weighted by molar-refractivity contribution is 5.73. The Morgan fingerprint density at radius 2 is 2.39 bits per heavy atom. The highest BCUT2D eigenvalue weighted by Crippen LogP contribution is 2.32. The van der Waals surface area contributed by atoms with Crippen molar-refractivity contribution in [2.75, 3.05) is 6.61 Å². The Morgan fingerprint density at radius 1 is 1.56 bits per heavy atom. The zero-order valence-corrected chi connectivity index (χ0v) is 10.7. The average Bonchev–Trinajstić information content (AvgIpc) is 2.80. The molecule has 4 heteroatoms. The van der Waals surface area contributed by atoms with E-state index in [1.54, 1.807) is 0 Å². The molecule has 0 aromatic carbocycles. The molecule has 0 aliphatic carbocycles. The highest BCUT2D eigenvalue weighted by Gasteiger charge is 2.22. The minimum Gasteiger partial charge on any atom is -0.466 e. The van der Waals surface area contributed by atoms with Gasteiger partial charge in [-0.25, -0.2) is 0 Å². The molecule has 1 unspecified atom stereocenters.